The Hall–Kier alpha value is -4.03. The summed E-state index contributed by atoms with van der Waals surface area (Å²) in [5.41, 5.74) is 1.89. The van der Waals surface area contributed by atoms with E-state index in [0.717, 1.165) is 5.56 Å². The first-order valence-electron chi connectivity index (χ1n) is 9.15. The van der Waals surface area contributed by atoms with Crippen molar-refractivity contribution < 1.29 is 19.1 Å². The minimum atomic E-state index is -0.634. The number of rotatable bonds is 3. The molecule has 0 aliphatic rings. The Morgan fingerprint density at radius 1 is 1.06 bits per heavy atom. The third-order valence-electron chi connectivity index (χ3n) is 4.47. The van der Waals surface area contributed by atoms with E-state index < -0.39 is 17.5 Å². The van der Waals surface area contributed by atoms with Crippen LogP contribution in [0.4, 0.5) is 0 Å². The lowest BCUT2D eigenvalue weighted by atomic mass is 10.1. The predicted octanol–water partition coefficient (Wildman–Crippen LogP) is 3.61. The molecule has 2 aromatic heterocycles. The SMILES string of the molecule is CC(=O)Oc1cc2sc3nc(=O)c(C#N)c(-c4ccc(C)cc4)n3c2cc1OC(C)=O. The first-order valence-corrected chi connectivity index (χ1v) is 9.97. The molecule has 2 heterocycles. The highest BCUT2D eigenvalue weighted by Crippen LogP contribution is 2.38. The molecule has 0 amide bonds. The lowest BCUT2D eigenvalue weighted by Gasteiger charge is -2.11. The molecule has 9 heteroatoms. The van der Waals surface area contributed by atoms with Gasteiger partial charge in [0.25, 0.3) is 5.56 Å². The van der Waals surface area contributed by atoms with Gasteiger partial charge in [-0.2, -0.15) is 10.2 Å². The van der Waals surface area contributed by atoms with Gasteiger partial charge in [0, 0.05) is 31.5 Å². The van der Waals surface area contributed by atoms with E-state index in [1.165, 1.54) is 31.3 Å². The average molecular weight is 433 g/mol. The van der Waals surface area contributed by atoms with E-state index in [9.17, 15) is 19.6 Å². The summed E-state index contributed by atoms with van der Waals surface area (Å²) < 4.78 is 12.7. The standard InChI is InChI=1S/C22H15N3O5S/c1-11-4-6-14(7-5-11)20-15(10-23)21(28)24-22-25(20)16-8-17(29-12(2)26)18(30-13(3)27)9-19(16)31-22/h4-9H,1-3H3. The van der Waals surface area contributed by atoms with Crippen LogP contribution in [0.2, 0.25) is 0 Å². The second-order valence-electron chi connectivity index (χ2n) is 6.79. The van der Waals surface area contributed by atoms with Crippen LogP contribution in [0.3, 0.4) is 0 Å². The fourth-order valence-electron chi connectivity index (χ4n) is 3.23. The van der Waals surface area contributed by atoms with Gasteiger partial charge in [0.1, 0.15) is 11.6 Å². The predicted molar refractivity (Wildman–Crippen MR) is 114 cm³/mol. The molecular formula is C22H15N3O5S. The Labute approximate surface area is 179 Å². The van der Waals surface area contributed by atoms with E-state index in [4.69, 9.17) is 9.47 Å². The van der Waals surface area contributed by atoms with Gasteiger partial charge in [-0.05, 0) is 6.92 Å². The van der Waals surface area contributed by atoms with E-state index in [1.54, 1.807) is 10.5 Å². The highest BCUT2D eigenvalue weighted by Gasteiger charge is 2.21. The van der Waals surface area contributed by atoms with Crippen molar-refractivity contribution in [2.45, 2.75) is 20.8 Å². The van der Waals surface area contributed by atoms with E-state index in [2.05, 4.69) is 4.98 Å². The van der Waals surface area contributed by atoms with E-state index >= 15 is 0 Å². The van der Waals surface area contributed by atoms with Crippen LogP contribution in [0.1, 0.15) is 25.0 Å². The summed E-state index contributed by atoms with van der Waals surface area (Å²) in [5.74, 6) is -1.05. The molecule has 154 valence electrons. The molecule has 0 spiro atoms. The van der Waals surface area contributed by atoms with E-state index in [1.807, 2.05) is 37.3 Å². The summed E-state index contributed by atoms with van der Waals surface area (Å²) >= 11 is 1.19. The van der Waals surface area contributed by atoms with Gasteiger partial charge in [0.05, 0.1) is 15.9 Å². The number of esters is 2. The molecule has 0 saturated carbocycles. The number of nitrogens with zero attached hydrogens (tertiary/aromatic N) is 3. The molecule has 0 saturated heterocycles. The summed E-state index contributed by atoms with van der Waals surface area (Å²) in [5, 5.41) is 9.67. The van der Waals surface area contributed by atoms with E-state index in [-0.39, 0.29) is 17.1 Å². The van der Waals surface area contributed by atoms with Crippen molar-refractivity contribution in [3.05, 3.63) is 57.9 Å². The number of nitriles is 1. The monoisotopic (exact) mass is 433 g/mol. The molecule has 0 unspecified atom stereocenters. The highest BCUT2D eigenvalue weighted by atomic mass is 32.1. The molecule has 0 aliphatic carbocycles. The lowest BCUT2D eigenvalue weighted by molar-refractivity contribution is -0.134. The normalized spacial score (nSPS) is 10.8. The zero-order valence-corrected chi connectivity index (χ0v) is 17.6. The Balaban J connectivity index is 2.14. The van der Waals surface area contributed by atoms with Crippen LogP contribution in [-0.4, -0.2) is 21.3 Å². The number of thiazole rings is 1. The summed E-state index contributed by atoms with van der Waals surface area (Å²) in [6.45, 7) is 4.41. The number of carbonyl (C=O) groups is 2. The number of hydrogen-bond acceptors (Lipinski definition) is 8. The summed E-state index contributed by atoms with van der Waals surface area (Å²) in [7, 11) is 0. The van der Waals surface area contributed by atoms with Crippen molar-refractivity contribution >= 4 is 38.5 Å². The van der Waals surface area contributed by atoms with Crippen LogP contribution < -0.4 is 15.0 Å². The summed E-state index contributed by atoms with van der Waals surface area (Å²) in [6, 6.07) is 12.4. The highest BCUT2D eigenvalue weighted by molar-refractivity contribution is 7.23. The number of carbonyl (C=O) groups excluding carboxylic acids is 2. The largest absolute Gasteiger partial charge is 0.423 e. The van der Waals surface area contributed by atoms with Gasteiger partial charge in [0.15, 0.2) is 16.5 Å². The van der Waals surface area contributed by atoms with Gasteiger partial charge in [-0.25, -0.2) is 0 Å². The molecule has 31 heavy (non-hydrogen) atoms. The Morgan fingerprint density at radius 3 is 2.26 bits per heavy atom. The van der Waals surface area contributed by atoms with E-state index in [0.29, 0.717) is 26.4 Å². The Bertz CT molecular complexity index is 1480. The number of fused-ring (bicyclic) bond motifs is 3. The van der Waals surface area contributed by atoms with Crippen LogP contribution in [0.5, 0.6) is 11.5 Å². The Kier molecular flexibility index (Phi) is 5.01. The molecule has 2 aromatic carbocycles. The molecule has 8 nitrogen and oxygen atoms in total. The van der Waals surface area contributed by atoms with Crippen molar-refractivity contribution in [2.24, 2.45) is 0 Å². The summed E-state index contributed by atoms with van der Waals surface area (Å²) in [4.78, 5) is 40.0. The molecule has 0 aliphatic heterocycles. The van der Waals surface area contributed by atoms with Gasteiger partial charge in [-0.1, -0.05) is 41.2 Å². The van der Waals surface area contributed by atoms with Gasteiger partial charge < -0.3 is 9.47 Å². The third-order valence-corrected chi connectivity index (χ3v) is 5.48. The minimum Gasteiger partial charge on any atom is -0.423 e. The fraction of sp³-hybridized carbons (Fsp3) is 0.136. The number of ether oxygens (including phenoxy) is 2. The number of aromatic nitrogens is 2. The maximum absolute atomic E-state index is 12.5. The molecule has 0 atom stereocenters. The minimum absolute atomic E-state index is 0.0435. The maximum Gasteiger partial charge on any atom is 0.308 e. The van der Waals surface area contributed by atoms with Crippen LogP contribution in [0.25, 0.3) is 26.4 Å². The van der Waals surface area contributed by atoms with Crippen molar-refractivity contribution in [1.82, 2.24) is 9.38 Å². The zero-order valence-electron chi connectivity index (χ0n) is 16.8. The number of aryl methyl sites for hydroxylation is 1. The lowest BCUT2D eigenvalue weighted by Crippen LogP contribution is -2.15. The molecule has 4 aromatic rings. The maximum atomic E-state index is 12.5. The molecule has 0 fully saturated rings. The van der Waals surface area contributed by atoms with Gasteiger partial charge in [0.2, 0.25) is 0 Å². The topological polar surface area (TPSA) is 111 Å². The molecule has 4 rings (SSSR count). The quantitative estimate of drug-likeness (QED) is 0.358. The first kappa shape index (κ1) is 20.3. The number of benzene rings is 2. The Morgan fingerprint density at radius 2 is 1.68 bits per heavy atom. The second kappa shape index (κ2) is 7.66. The fourth-order valence-corrected chi connectivity index (χ4v) is 4.26. The van der Waals surface area contributed by atoms with Gasteiger partial charge in [-0.15, -0.1) is 0 Å². The van der Waals surface area contributed by atoms with Crippen LogP contribution >= 0.6 is 11.3 Å². The van der Waals surface area contributed by atoms with Crippen LogP contribution in [-0.2, 0) is 9.59 Å². The molecular weight excluding hydrogens is 418 g/mol. The van der Waals surface area contributed by atoms with Crippen molar-refractivity contribution in [3.8, 4) is 28.8 Å². The third kappa shape index (κ3) is 3.65. The summed E-state index contributed by atoms with van der Waals surface area (Å²) in [6.07, 6.45) is 0. The zero-order chi connectivity index (χ0) is 22.3. The first-order chi connectivity index (χ1) is 14.8. The van der Waals surface area contributed by atoms with Crippen molar-refractivity contribution in [3.63, 3.8) is 0 Å². The smallest absolute Gasteiger partial charge is 0.308 e. The van der Waals surface area contributed by atoms with Gasteiger partial charge >= 0.3 is 11.9 Å². The van der Waals surface area contributed by atoms with Gasteiger partial charge in [-0.3, -0.25) is 18.8 Å². The average Bonchev–Trinajstić information content (AvgIpc) is 3.03. The van der Waals surface area contributed by atoms with Crippen molar-refractivity contribution in [1.29, 1.82) is 5.26 Å². The number of hydrogen-bond donors (Lipinski definition) is 0. The molecule has 0 radical (unpaired) electrons. The second-order valence-corrected chi connectivity index (χ2v) is 7.80. The molecule has 0 N–H and O–H groups in total. The molecule has 0 bridgehead atoms. The van der Waals surface area contributed by atoms with Crippen LogP contribution in [0.15, 0.2) is 41.2 Å². The van der Waals surface area contributed by atoms with Crippen molar-refractivity contribution in [2.75, 3.05) is 0 Å². The van der Waals surface area contributed by atoms with Crippen LogP contribution in [0, 0.1) is 18.3 Å².